The van der Waals surface area contributed by atoms with E-state index in [2.05, 4.69) is 267 Å². The van der Waals surface area contributed by atoms with E-state index in [-0.39, 0.29) is 5.41 Å². The standard InChI is InChI=1S/C65H47N/c1-65(2)62-25-11-10-22-60(62)61-24-13-23-59(64(61)65)48-32-37-57(38-33-48)66(56-35-30-47(31-36-56)52-21-12-20-51(40-52)44-14-4-3-5-15-44)63-43-54(53-28-26-45-16-6-8-18-49(45)41-53)34-39-58(63)55-29-27-46-17-7-9-19-50(46)42-55/h3-43H,1-2H3. The predicted molar refractivity (Wildman–Crippen MR) is 281 cm³/mol. The normalized spacial score (nSPS) is 12.5. The van der Waals surface area contributed by atoms with Gasteiger partial charge in [-0.1, -0.05) is 214 Å². The molecule has 1 heteroatoms. The molecule has 1 aliphatic carbocycles. The van der Waals surface area contributed by atoms with Crippen molar-refractivity contribution in [1.29, 1.82) is 0 Å². The van der Waals surface area contributed by atoms with Crippen molar-refractivity contribution in [3.8, 4) is 66.8 Å². The highest BCUT2D eigenvalue weighted by Gasteiger charge is 2.37. The summed E-state index contributed by atoms with van der Waals surface area (Å²) in [6, 6.07) is 91.6. The van der Waals surface area contributed by atoms with E-state index in [1.54, 1.807) is 0 Å². The van der Waals surface area contributed by atoms with Crippen LogP contribution in [0.3, 0.4) is 0 Å². The van der Waals surface area contributed by atoms with Gasteiger partial charge in [-0.15, -0.1) is 0 Å². The van der Waals surface area contributed by atoms with Crippen LogP contribution in [0, 0.1) is 0 Å². The second kappa shape index (κ2) is 16.1. The van der Waals surface area contributed by atoms with Crippen molar-refractivity contribution in [3.63, 3.8) is 0 Å². The molecule has 1 nitrogen and oxygen atoms in total. The van der Waals surface area contributed by atoms with Gasteiger partial charge in [-0.3, -0.25) is 0 Å². The number of fused-ring (bicyclic) bond motifs is 5. The molecule has 0 saturated heterocycles. The van der Waals surface area contributed by atoms with Crippen molar-refractivity contribution in [2.45, 2.75) is 19.3 Å². The Bertz CT molecular complexity index is 3600. The number of hydrogen-bond donors (Lipinski definition) is 0. The molecule has 0 spiro atoms. The lowest BCUT2D eigenvalue weighted by molar-refractivity contribution is 0.662. The van der Waals surface area contributed by atoms with Crippen LogP contribution in [0.1, 0.15) is 25.0 Å². The van der Waals surface area contributed by atoms with Crippen molar-refractivity contribution < 1.29 is 0 Å². The third-order valence-corrected chi connectivity index (χ3v) is 13.8. The Balaban J connectivity index is 1.03. The molecular formula is C65H47N. The molecule has 66 heavy (non-hydrogen) atoms. The third-order valence-electron chi connectivity index (χ3n) is 13.8. The molecular weight excluding hydrogens is 795 g/mol. The first-order chi connectivity index (χ1) is 32.5. The lowest BCUT2D eigenvalue weighted by atomic mass is 9.79. The number of rotatable bonds is 8. The van der Waals surface area contributed by atoms with Gasteiger partial charge in [0.1, 0.15) is 0 Å². The lowest BCUT2D eigenvalue weighted by Crippen LogP contribution is -2.16. The van der Waals surface area contributed by atoms with Crippen LogP contribution in [0.15, 0.2) is 249 Å². The summed E-state index contributed by atoms with van der Waals surface area (Å²) in [5.41, 5.74) is 20.6. The maximum Gasteiger partial charge on any atom is 0.0546 e. The van der Waals surface area contributed by atoms with Crippen molar-refractivity contribution in [2.75, 3.05) is 4.90 Å². The Hall–Kier alpha value is -8.26. The highest BCUT2D eigenvalue weighted by molar-refractivity contribution is 5.97. The molecule has 0 aromatic heterocycles. The Kier molecular flexibility index (Phi) is 9.58. The van der Waals surface area contributed by atoms with Crippen molar-refractivity contribution in [2.24, 2.45) is 0 Å². The Morgan fingerprint density at radius 2 is 0.727 bits per heavy atom. The summed E-state index contributed by atoms with van der Waals surface area (Å²) in [6.07, 6.45) is 0. The molecule has 0 aliphatic heterocycles. The van der Waals surface area contributed by atoms with Crippen LogP contribution < -0.4 is 4.90 Å². The van der Waals surface area contributed by atoms with Gasteiger partial charge < -0.3 is 4.90 Å². The predicted octanol–water partition coefficient (Wildman–Crippen LogP) is 18.1. The highest BCUT2D eigenvalue weighted by Crippen LogP contribution is 2.52. The van der Waals surface area contributed by atoms with Gasteiger partial charge in [0.15, 0.2) is 0 Å². The maximum absolute atomic E-state index is 2.46. The molecule has 0 bridgehead atoms. The monoisotopic (exact) mass is 841 g/mol. The summed E-state index contributed by atoms with van der Waals surface area (Å²) in [4.78, 5) is 2.46. The SMILES string of the molecule is CC1(C)c2ccccc2-c2cccc(-c3ccc(N(c4ccc(-c5cccc(-c6ccccc6)c5)cc4)c4cc(-c5ccc6ccccc6c5)ccc4-c4ccc5ccccc5c4)cc3)c21. The van der Waals surface area contributed by atoms with E-state index in [1.807, 2.05) is 0 Å². The molecule has 0 atom stereocenters. The fourth-order valence-electron chi connectivity index (χ4n) is 10.5. The number of benzene rings is 11. The molecule has 11 aromatic rings. The second-order valence-electron chi connectivity index (χ2n) is 18.1. The van der Waals surface area contributed by atoms with Gasteiger partial charge in [0, 0.05) is 22.4 Å². The van der Waals surface area contributed by atoms with Crippen molar-refractivity contribution >= 4 is 38.6 Å². The first-order valence-corrected chi connectivity index (χ1v) is 23.0. The van der Waals surface area contributed by atoms with Crippen LogP contribution in [0.4, 0.5) is 17.1 Å². The zero-order valence-electron chi connectivity index (χ0n) is 37.1. The third kappa shape index (κ3) is 6.89. The molecule has 0 N–H and O–H groups in total. The molecule has 312 valence electrons. The fraction of sp³-hybridized carbons (Fsp3) is 0.0462. The van der Waals surface area contributed by atoms with E-state index in [0.29, 0.717) is 0 Å². The van der Waals surface area contributed by atoms with Gasteiger partial charge in [-0.2, -0.15) is 0 Å². The van der Waals surface area contributed by atoms with Gasteiger partial charge in [0.2, 0.25) is 0 Å². The van der Waals surface area contributed by atoms with Gasteiger partial charge in [0.25, 0.3) is 0 Å². The van der Waals surface area contributed by atoms with Gasteiger partial charge in [-0.25, -0.2) is 0 Å². The van der Waals surface area contributed by atoms with E-state index >= 15 is 0 Å². The van der Waals surface area contributed by atoms with E-state index in [4.69, 9.17) is 0 Å². The largest absolute Gasteiger partial charge is 0.310 e. The zero-order valence-corrected chi connectivity index (χ0v) is 37.1. The average molecular weight is 842 g/mol. The summed E-state index contributed by atoms with van der Waals surface area (Å²) >= 11 is 0. The van der Waals surface area contributed by atoms with Crippen molar-refractivity contribution in [3.05, 3.63) is 260 Å². The highest BCUT2D eigenvalue weighted by atomic mass is 15.1. The first-order valence-electron chi connectivity index (χ1n) is 23.0. The number of anilines is 3. The minimum absolute atomic E-state index is 0.118. The summed E-state index contributed by atoms with van der Waals surface area (Å²) in [5.74, 6) is 0. The van der Waals surface area contributed by atoms with E-state index in [9.17, 15) is 0 Å². The Morgan fingerprint density at radius 1 is 0.273 bits per heavy atom. The van der Waals surface area contributed by atoms with Crippen molar-refractivity contribution in [1.82, 2.24) is 0 Å². The molecule has 1 aliphatic rings. The minimum Gasteiger partial charge on any atom is -0.310 e. The van der Waals surface area contributed by atoms with E-state index < -0.39 is 0 Å². The maximum atomic E-state index is 2.46. The molecule has 12 rings (SSSR count). The molecule has 0 unspecified atom stereocenters. The molecule has 0 amide bonds. The van der Waals surface area contributed by atoms with E-state index in [0.717, 1.165) is 28.2 Å². The summed E-state index contributed by atoms with van der Waals surface area (Å²) in [5, 5.41) is 4.92. The van der Waals surface area contributed by atoms with Gasteiger partial charge in [0.05, 0.1) is 5.69 Å². The fourth-order valence-corrected chi connectivity index (χ4v) is 10.5. The van der Waals surface area contributed by atoms with Crippen LogP contribution in [0.25, 0.3) is 88.3 Å². The molecule has 0 fully saturated rings. The minimum atomic E-state index is -0.118. The molecule has 0 saturated carbocycles. The zero-order chi connectivity index (χ0) is 44.2. The quantitative estimate of drug-likeness (QED) is 0.147. The average Bonchev–Trinajstić information content (AvgIpc) is 3.62. The van der Waals surface area contributed by atoms with Crippen LogP contribution in [0.5, 0.6) is 0 Å². The second-order valence-corrected chi connectivity index (χ2v) is 18.1. The lowest BCUT2D eigenvalue weighted by Gasteiger charge is -2.29. The Labute approximate surface area is 387 Å². The van der Waals surface area contributed by atoms with E-state index in [1.165, 1.54) is 88.3 Å². The van der Waals surface area contributed by atoms with Crippen LogP contribution in [0.2, 0.25) is 0 Å². The van der Waals surface area contributed by atoms with Gasteiger partial charge in [-0.05, 0) is 142 Å². The van der Waals surface area contributed by atoms with Gasteiger partial charge >= 0.3 is 0 Å². The number of nitrogens with zero attached hydrogens (tertiary/aromatic N) is 1. The summed E-state index contributed by atoms with van der Waals surface area (Å²) in [7, 11) is 0. The summed E-state index contributed by atoms with van der Waals surface area (Å²) < 4.78 is 0. The molecule has 11 aromatic carbocycles. The topological polar surface area (TPSA) is 3.24 Å². The number of hydrogen-bond acceptors (Lipinski definition) is 1. The Morgan fingerprint density at radius 3 is 1.42 bits per heavy atom. The smallest absolute Gasteiger partial charge is 0.0546 e. The molecule has 0 heterocycles. The first kappa shape index (κ1) is 39.3. The van der Waals surface area contributed by atoms with Crippen LogP contribution in [-0.4, -0.2) is 0 Å². The van der Waals surface area contributed by atoms with Crippen LogP contribution >= 0.6 is 0 Å². The van der Waals surface area contributed by atoms with Crippen LogP contribution in [-0.2, 0) is 5.41 Å². The summed E-state index contributed by atoms with van der Waals surface area (Å²) in [6.45, 7) is 4.74. The molecule has 0 radical (unpaired) electrons.